The Balaban J connectivity index is 2.75. The Morgan fingerprint density at radius 1 is 1.59 bits per heavy atom. The molecule has 1 aromatic heterocycles. The van der Waals surface area contributed by atoms with Crippen LogP contribution >= 0.6 is 0 Å². The van der Waals surface area contributed by atoms with Crippen molar-refractivity contribution in [3.05, 3.63) is 47.6 Å². The number of rotatable bonds is 5. The zero-order valence-corrected chi connectivity index (χ0v) is 10.3. The normalized spacial score (nSPS) is 11.1. The SMILES string of the molecule is C=C/C(=C\C)OCc1cc(C(=O)OC)oc1C. The van der Waals surface area contributed by atoms with Crippen molar-refractivity contribution in [2.45, 2.75) is 20.5 Å². The summed E-state index contributed by atoms with van der Waals surface area (Å²) in [5.41, 5.74) is 0.812. The minimum Gasteiger partial charge on any atom is -0.489 e. The van der Waals surface area contributed by atoms with E-state index in [4.69, 9.17) is 9.15 Å². The van der Waals surface area contributed by atoms with Gasteiger partial charge in [0, 0.05) is 5.56 Å². The number of esters is 1. The minimum atomic E-state index is -0.491. The maximum absolute atomic E-state index is 11.2. The third kappa shape index (κ3) is 3.24. The van der Waals surface area contributed by atoms with E-state index in [0.29, 0.717) is 18.1 Å². The van der Waals surface area contributed by atoms with Crippen molar-refractivity contribution in [3.8, 4) is 0 Å². The lowest BCUT2D eigenvalue weighted by Crippen LogP contribution is -1.98. The molecule has 0 saturated heterocycles. The number of hydrogen-bond donors (Lipinski definition) is 0. The molecule has 0 amide bonds. The van der Waals surface area contributed by atoms with Gasteiger partial charge in [0.15, 0.2) is 0 Å². The third-order valence-electron chi connectivity index (χ3n) is 2.29. The minimum absolute atomic E-state index is 0.184. The van der Waals surface area contributed by atoms with Crippen LogP contribution in [-0.4, -0.2) is 13.1 Å². The molecule has 0 aliphatic carbocycles. The predicted molar refractivity (Wildman–Crippen MR) is 63.5 cm³/mol. The molecule has 0 aliphatic heterocycles. The lowest BCUT2D eigenvalue weighted by Gasteiger charge is -2.04. The quantitative estimate of drug-likeness (QED) is 0.448. The van der Waals surface area contributed by atoms with E-state index in [1.807, 2.05) is 13.0 Å². The van der Waals surface area contributed by atoms with Gasteiger partial charge in [0.05, 0.1) is 7.11 Å². The van der Waals surface area contributed by atoms with Crippen molar-refractivity contribution in [1.82, 2.24) is 0 Å². The Bertz CT molecular complexity index is 440. The van der Waals surface area contributed by atoms with Crippen LogP contribution in [0.2, 0.25) is 0 Å². The van der Waals surface area contributed by atoms with E-state index in [9.17, 15) is 4.79 Å². The number of aryl methyl sites for hydroxylation is 1. The summed E-state index contributed by atoms with van der Waals surface area (Å²) in [5, 5.41) is 0. The summed E-state index contributed by atoms with van der Waals surface area (Å²) in [6.45, 7) is 7.59. The number of carbonyl (C=O) groups excluding carboxylic acids is 1. The monoisotopic (exact) mass is 236 g/mol. The van der Waals surface area contributed by atoms with Gasteiger partial charge in [-0.2, -0.15) is 0 Å². The summed E-state index contributed by atoms with van der Waals surface area (Å²) in [6.07, 6.45) is 3.43. The fourth-order valence-corrected chi connectivity index (χ4v) is 1.29. The fraction of sp³-hybridized carbons (Fsp3) is 0.308. The molecule has 0 spiro atoms. The number of hydrogen-bond acceptors (Lipinski definition) is 4. The van der Waals surface area contributed by atoms with Gasteiger partial charge in [-0.15, -0.1) is 0 Å². The highest BCUT2D eigenvalue weighted by atomic mass is 16.5. The molecule has 0 N–H and O–H groups in total. The molecule has 1 heterocycles. The Labute approximate surface area is 101 Å². The number of methoxy groups -OCH3 is 1. The summed E-state index contributed by atoms with van der Waals surface area (Å²) in [5.74, 6) is 1.02. The molecule has 0 radical (unpaired) electrons. The molecule has 0 aliphatic rings. The van der Waals surface area contributed by atoms with E-state index in [1.165, 1.54) is 7.11 Å². The van der Waals surface area contributed by atoms with Crippen LogP contribution in [0.3, 0.4) is 0 Å². The van der Waals surface area contributed by atoms with E-state index in [1.54, 1.807) is 19.1 Å². The molecule has 0 saturated carbocycles. The molecular weight excluding hydrogens is 220 g/mol. The number of furan rings is 1. The molecule has 0 aromatic carbocycles. The molecule has 4 nitrogen and oxygen atoms in total. The molecule has 17 heavy (non-hydrogen) atoms. The maximum atomic E-state index is 11.2. The first-order chi connectivity index (χ1) is 8.12. The van der Waals surface area contributed by atoms with Crippen LogP contribution in [0.1, 0.15) is 28.8 Å². The highest BCUT2D eigenvalue weighted by molar-refractivity contribution is 5.86. The van der Waals surface area contributed by atoms with Gasteiger partial charge in [0.1, 0.15) is 18.1 Å². The van der Waals surface area contributed by atoms with E-state index in [2.05, 4.69) is 11.3 Å². The number of carbonyl (C=O) groups is 1. The van der Waals surface area contributed by atoms with Gasteiger partial charge in [-0.05, 0) is 32.1 Å². The Morgan fingerprint density at radius 3 is 2.82 bits per heavy atom. The van der Waals surface area contributed by atoms with Crippen LogP contribution in [0.4, 0.5) is 0 Å². The average Bonchev–Trinajstić information content (AvgIpc) is 2.71. The smallest absolute Gasteiger partial charge is 0.373 e. The molecule has 92 valence electrons. The van der Waals surface area contributed by atoms with E-state index < -0.39 is 5.97 Å². The molecule has 0 atom stereocenters. The second-order valence-corrected chi connectivity index (χ2v) is 3.37. The molecular formula is C13H16O4. The maximum Gasteiger partial charge on any atom is 0.373 e. The second kappa shape index (κ2) is 5.94. The first kappa shape index (κ1) is 13.1. The van der Waals surface area contributed by atoms with Crippen molar-refractivity contribution >= 4 is 5.97 Å². The largest absolute Gasteiger partial charge is 0.489 e. The first-order valence-corrected chi connectivity index (χ1v) is 5.21. The standard InChI is InChI=1S/C13H16O4/c1-5-11(6-2)16-8-10-7-12(13(14)15-4)17-9(10)3/h5-7H,1,8H2,2-4H3/b11-6+. The van der Waals surface area contributed by atoms with Gasteiger partial charge in [-0.3, -0.25) is 0 Å². The topological polar surface area (TPSA) is 48.7 Å². The van der Waals surface area contributed by atoms with Crippen molar-refractivity contribution in [3.63, 3.8) is 0 Å². The molecule has 0 fully saturated rings. The van der Waals surface area contributed by atoms with Crippen LogP contribution < -0.4 is 0 Å². The summed E-state index contributed by atoms with van der Waals surface area (Å²) in [6, 6.07) is 1.62. The van der Waals surface area contributed by atoms with E-state index >= 15 is 0 Å². The van der Waals surface area contributed by atoms with Gasteiger partial charge < -0.3 is 13.9 Å². The number of ether oxygens (including phenoxy) is 2. The molecule has 1 aromatic rings. The highest BCUT2D eigenvalue weighted by Gasteiger charge is 2.14. The summed E-state index contributed by atoms with van der Waals surface area (Å²) in [7, 11) is 1.31. The lowest BCUT2D eigenvalue weighted by molar-refractivity contribution is 0.0563. The molecule has 0 unspecified atom stereocenters. The van der Waals surface area contributed by atoms with E-state index in [0.717, 1.165) is 5.56 Å². The zero-order chi connectivity index (χ0) is 12.8. The Hall–Kier alpha value is -1.97. The van der Waals surface area contributed by atoms with Gasteiger partial charge >= 0.3 is 5.97 Å². The summed E-state index contributed by atoms with van der Waals surface area (Å²) in [4.78, 5) is 11.2. The van der Waals surface area contributed by atoms with Crippen LogP contribution in [0, 0.1) is 6.92 Å². The molecule has 0 bridgehead atoms. The van der Waals surface area contributed by atoms with Crippen molar-refractivity contribution in [1.29, 1.82) is 0 Å². The van der Waals surface area contributed by atoms with Crippen LogP contribution in [-0.2, 0) is 16.1 Å². The molecule has 4 heteroatoms. The Kier molecular flexibility index (Phi) is 4.57. The van der Waals surface area contributed by atoms with Crippen molar-refractivity contribution in [2.24, 2.45) is 0 Å². The zero-order valence-electron chi connectivity index (χ0n) is 10.3. The van der Waals surface area contributed by atoms with Gasteiger partial charge in [-0.1, -0.05) is 6.58 Å². The third-order valence-corrected chi connectivity index (χ3v) is 2.29. The summed E-state index contributed by atoms with van der Waals surface area (Å²) >= 11 is 0. The summed E-state index contributed by atoms with van der Waals surface area (Å²) < 4.78 is 15.3. The second-order valence-electron chi connectivity index (χ2n) is 3.37. The van der Waals surface area contributed by atoms with Crippen LogP contribution in [0.5, 0.6) is 0 Å². The van der Waals surface area contributed by atoms with Crippen molar-refractivity contribution in [2.75, 3.05) is 7.11 Å². The molecule has 1 rings (SSSR count). The predicted octanol–water partition coefficient (Wildman–Crippen LogP) is 2.98. The Morgan fingerprint density at radius 2 is 2.29 bits per heavy atom. The fourth-order valence-electron chi connectivity index (χ4n) is 1.29. The average molecular weight is 236 g/mol. The van der Waals surface area contributed by atoms with Crippen LogP contribution in [0.25, 0.3) is 0 Å². The van der Waals surface area contributed by atoms with E-state index in [-0.39, 0.29) is 5.76 Å². The first-order valence-electron chi connectivity index (χ1n) is 5.21. The van der Waals surface area contributed by atoms with Gasteiger partial charge in [0.25, 0.3) is 0 Å². The number of allylic oxidation sites excluding steroid dienone is 2. The lowest BCUT2D eigenvalue weighted by atomic mass is 10.2. The van der Waals surface area contributed by atoms with Crippen molar-refractivity contribution < 1.29 is 18.7 Å². The van der Waals surface area contributed by atoms with Gasteiger partial charge in [-0.25, -0.2) is 4.79 Å². The highest BCUT2D eigenvalue weighted by Crippen LogP contribution is 2.17. The van der Waals surface area contributed by atoms with Crippen LogP contribution in [0.15, 0.2) is 35.0 Å². The van der Waals surface area contributed by atoms with Gasteiger partial charge in [0.2, 0.25) is 5.76 Å².